The molecule has 20 heavy (non-hydrogen) atoms. The number of rotatable bonds is 6. The zero-order valence-electron chi connectivity index (χ0n) is 11.3. The van der Waals surface area contributed by atoms with E-state index in [4.69, 9.17) is 15.2 Å². The SMILES string of the molecule is COc1ccc(OCCSC2NC(=O)CC(N)N2)cc1. The summed E-state index contributed by atoms with van der Waals surface area (Å²) in [6, 6.07) is 7.43. The average Bonchev–Trinajstić information content (AvgIpc) is 2.43. The number of benzene rings is 1. The van der Waals surface area contributed by atoms with Gasteiger partial charge in [0, 0.05) is 5.75 Å². The van der Waals surface area contributed by atoms with Crippen molar-refractivity contribution in [1.29, 1.82) is 0 Å². The summed E-state index contributed by atoms with van der Waals surface area (Å²) in [6.07, 6.45) is 0.0446. The minimum atomic E-state index is -0.274. The summed E-state index contributed by atoms with van der Waals surface area (Å²) in [4.78, 5) is 11.3. The molecule has 1 heterocycles. The van der Waals surface area contributed by atoms with Gasteiger partial charge in [0.05, 0.1) is 26.3 Å². The number of carbonyl (C=O) groups excluding carboxylic acids is 1. The van der Waals surface area contributed by atoms with Crippen LogP contribution in [0.5, 0.6) is 11.5 Å². The second-order valence-electron chi connectivity index (χ2n) is 4.32. The molecule has 0 radical (unpaired) electrons. The Bertz CT molecular complexity index is 441. The van der Waals surface area contributed by atoms with E-state index in [2.05, 4.69) is 10.6 Å². The van der Waals surface area contributed by atoms with Crippen molar-refractivity contribution in [3.63, 3.8) is 0 Å². The van der Waals surface area contributed by atoms with Crippen LogP contribution in [0.15, 0.2) is 24.3 Å². The van der Waals surface area contributed by atoms with Crippen molar-refractivity contribution in [3.05, 3.63) is 24.3 Å². The fourth-order valence-electron chi connectivity index (χ4n) is 1.79. The first-order chi connectivity index (χ1) is 9.67. The highest BCUT2D eigenvalue weighted by atomic mass is 32.2. The predicted octanol–water partition coefficient (Wildman–Crippen LogP) is 0.485. The molecular formula is C13H19N3O3S. The van der Waals surface area contributed by atoms with E-state index in [0.717, 1.165) is 17.3 Å². The minimum absolute atomic E-state index is 0.0233. The molecule has 4 N–H and O–H groups in total. The largest absolute Gasteiger partial charge is 0.497 e. The molecule has 0 aliphatic carbocycles. The van der Waals surface area contributed by atoms with E-state index in [1.165, 1.54) is 0 Å². The molecule has 0 spiro atoms. The molecule has 1 aromatic carbocycles. The maximum Gasteiger partial charge on any atom is 0.224 e. The number of ether oxygens (including phenoxy) is 2. The molecule has 0 aromatic heterocycles. The molecule has 0 bridgehead atoms. The number of thioether (sulfide) groups is 1. The van der Waals surface area contributed by atoms with Gasteiger partial charge in [-0.05, 0) is 24.3 Å². The van der Waals surface area contributed by atoms with Crippen molar-refractivity contribution in [2.45, 2.75) is 18.1 Å². The Morgan fingerprint density at radius 3 is 2.70 bits per heavy atom. The molecule has 1 fully saturated rings. The maximum absolute atomic E-state index is 11.3. The summed E-state index contributed by atoms with van der Waals surface area (Å²) >= 11 is 1.56. The van der Waals surface area contributed by atoms with E-state index in [1.807, 2.05) is 24.3 Å². The number of nitrogens with two attached hydrogens (primary N) is 1. The molecule has 110 valence electrons. The van der Waals surface area contributed by atoms with E-state index < -0.39 is 0 Å². The van der Waals surface area contributed by atoms with Gasteiger partial charge in [-0.15, -0.1) is 11.8 Å². The van der Waals surface area contributed by atoms with Crippen LogP contribution in [0.4, 0.5) is 0 Å². The first-order valence-electron chi connectivity index (χ1n) is 6.37. The van der Waals surface area contributed by atoms with E-state index in [0.29, 0.717) is 13.0 Å². The van der Waals surface area contributed by atoms with Gasteiger partial charge in [0.2, 0.25) is 5.91 Å². The second kappa shape index (κ2) is 7.37. The van der Waals surface area contributed by atoms with Crippen molar-refractivity contribution < 1.29 is 14.3 Å². The number of amides is 1. The lowest BCUT2D eigenvalue weighted by atomic mass is 10.3. The van der Waals surface area contributed by atoms with E-state index in [9.17, 15) is 4.79 Å². The number of nitrogens with one attached hydrogen (secondary N) is 2. The van der Waals surface area contributed by atoms with Crippen LogP contribution in [0, 0.1) is 0 Å². The smallest absolute Gasteiger partial charge is 0.224 e. The summed E-state index contributed by atoms with van der Waals surface area (Å²) in [7, 11) is 1.63. The van der Waals surface area contributed by atoms with Crippen molar-refractivity contribution >= 4 is 17.7 Å². The lowest BCUT2D eigenvalue weighted by molar-refractivity contribution is -0.123. The highest BCUT2D eigenvalue weighted by Crippen LogP contribution is 2.17. The molecule has 2 unspecified atom stereocenters. The predicted molar refractivity (Wildman–Crippen MR) is 78.6 cm³/mol. The summed E-state index contributed by atoms with van der Waals surface area (Å²) in [6.45, 7) is 0.556. The molecule has 1 aliphatic heterocycles. The molecular weight excluding hydrogens is 278 g/mol. The summed E-state index contributed by atoms with van der Waals surface area (Å²) in [5.41, 5.74) is 5.56. The van der Waals surface area contributed by atoms with Gasteiger partial charge in [0.15, 0.2) is 0 Å². The molecule has 1 aromatic rings. The molecule has 1 amide bonds. The van der Waals surface area contributed by atoms with Gasteiger partial charge in [0.25, 0.3) is 0 Å². The Balaban J connectivity index is 1.66. The van der Waals surface area contributed by atoms with E-state index >= 15 is 0 Å². The first kappa shape index (κ1) is 15.0. The van der Waals surface area contributed by atoms with Crippen molar-refractivity contribution in [2.24, 2.45) is 5.73 Å². The molecule has 7 heteroatoms. The van der Waals surface area contributed by atoms with Crippen LogP contribution in [-0.4, -0.2) is 37.0 Å². The minimum Gasteiger partial charge on any atom is -0.497 e. The van der Waals surface area contributed by atoms with Gasteiger partial charge >= 0.3 is 0 Å². The Hall–Kier alpha value is -1.44. The summed E-state index contributed by atoms with van der Waals surface area (Å²) < 4.78 is 10.7. The van der Waals surface area contributed by atoms with Gasteiger partial charge in [-0.2, -0.15) is 0 Å². The molecule has 1 saturated heterocycles. The van der Waals surface area contributed by atoms with E-state index in [-0.39, 0.29) is 17.6 Å². The Kier molecular flexibility index (Phi) is 5.51. The lowest BCUT2D eigenvalue weighted by Crippen LogP contribution is -2.58. The summed E-state index contributed by atoms with van der Waals surface area (Å²) in [5, 5.41) is 5.92. The van der Waals surface area contributed by atoms with Gasteiger partial charge in [0.1, 0.15) is 17.0 Å². The van der Waals surface area contributed by atoms with Crippen LogP contribution >= 0.6 is 11.8 Å². The van der Waals surface area contributed by atoms with Crippen LogP contribution in [-0.2, 0) is 4.79 Å². The third-order valence-corrected chi connectivity index (χ3v) is 3.75. The fraction of sp³-hybridized carbons (Fsp3) is 0.462. The van der Waals surface area contributed by atoms with Crippen LogP contribution in [0.25, 0.3) is 0 Å². The monoisotopic (exact) mass is 297 g/mol. The number of methoxy groups -OCH3 is 1. The third-order valence-electron chi connectivity index (χ3n) is 2.76. The van der Waals surface area contributed by atoms with Crippen LogP contribution in [0.1, 0.15) is 6.42 Å². The average molecular weight is 297 g/mol. The zero-order valence-corrected chi connectivity index (χ0v) is 12.1. The molecule has 2 atom stereocenters. The lowest BCUT2D eigenvalue weighted by Gasteiger charge is -2.28. The van der Waals surface area contributed by atoms with Gasteiger partial charge in [-0.3, -0.25) is 10.1 Å². The molecule has 1 aliphatic rings. The highest BCUT2D eigenvalue weighted by Gasteiger charge is 2.22. The number of hydrogen-bond donors (Lipinski definition) is 3. The maximum atomic E-state index is 11.3. The quantitative estimate of drug-likeness (QED) is 0.662. The van der Waals surface area contributed by atoms with Crippen LogP contribution < -0.4 is 25.8 Å². The number of carbonyl (C=O) groups is 1. The molecule has 6 nitrogen and oxygen atoms in total. The first-order valence-corrected chi connectivity index (χ1v) is 7.41. The topological polar surface area (TPSA) is 85.6 Å². The normalized spacial score (nSPS) is 22.2. The fourth-order valence-corrected chi connectivity index (χ4v) is 2.69. The molecule has 0 saturated carbocycles. The second-order valence-corrected chi connectivity index (χ2v) is 5.53. The van der Waals surface area contributed by atoms with Crippen molar-refractivity contribution in [1.82, 2.24) is 10.6 Å². The third kappa shape index (κ3) is 4.59. The van der Waals surface area contributed by atoms with Crippen molar-refractivity contribution in [3.8, 4) is 11.5 Å². The van der Waals surface area contributed by atoms with Crippen LogP contribution in [0.3, 0.4) is 0 Å². The Morgan fingerprint density at radius 2 is 2.05 bits per heavy atom. The Morgan fingerprint density at radius 1 is 1.35 bits per heavy atom. The van der Waals surface area contributed by atoms with Gasteiger partial charge in [-0.25, -0.2) is 0 Å². The Labute approximate surface area is 122 Å². The highest BCUT2D eigenvalue weighted by molar-refractivity contribution is 7.99. The van der Waals surface area contributed by atoms with Crippen molar-refractivity contribution in [2.75, 3.05) is 19.5 Å². The summed E-state index contributed by atoms with van der Waals surface area (Å²) in [5.74, 6) is 2.32. The van der Waals surface area contributed by atoms with E-state index in [1.54, 1.807) is 18.9 Å². The van der Waals surface area contributed by atoms with Gasteiger partial charge in [-0.1, -0.05) is 0 Å². The zero-order chi connectivity index (χ0) is 14.4. The number of hydrogen-bond acceptors (Lipinski definition) is 6. The standard InChI is InChI=1S/C13H19N3O3S/c1-18-9-2-4-10(5-3-9)19-6-7-20-13-15-11(14)8-12(17)16-13/h2-5,11,13,15H,6-8,14H2,1H3,(H,16,17). The van der Waals surface area contributed by atoms with Gasteiger partial charge < -0.3 is 20.5 Å². The van der Waals surface area contributed by atoms with Crippen LogP contribution in [0.2, 0.25) is 0 Å². The molecule has 2 rings (SSSR count).